The van der Waals surface area contributed by atoms with Gasteiger partial charge in [-0.1, -0.05) is 29.3 Å². The molecule has 34 heavy (non-hydrogen) atoms. The van der Waals surface area contributed by atoms with E-state index in [1.165, 1.54) is 10.9 Å². The zero-order valence-corrected chi connectivity index (χ0v) is 20.5. The largest absolute Gasteiger partial charge is 0.370 e. The smallest absolute Gasteiger partial charge is 0.261 e. The molecule has 0 aliphatic carbocycles. The number of fused-ring (bicyclic) bond motifs is 1. The fourth-order valence-corrected chi connectivity index (χ4v) is 4.52. The second-order valence-corrected chi connectivity index (χ2v) is 9.33. The first-order valence-electron chi connectivity index (χ1n) is 11.3. The van der Waals surface area contributed by atoms with Crippen LogP contribution in [0.15, 0.2) is 47.5 Å². The summed E-state index contributed by atoms with van der Waals surface area (Å²) in [6.07, 6.45) is 3.09. The van der Waals surface area contributed by atoms with E-state index in [2.05, 4.69) is 9.88 Å². The van der Waals surface area contributed by atoms with Gasteiger partial charge in [-0.25, -0.2) is 4.98 Å². The molecule has 1 aliphatic rings. The average Bonchev–Trinajstić information content (AvgIpc) is 3.08. The molecule has 1 amide bonds. The van der Waals surface area contributed by atoms with Crippen LogP contribution in [0.5, 0.6) is 0 Å². The molecule has 178 valence electrons. The molecule has 1 saturated heterocycles. The number of nitrogens with zero attached hydrogens (tertiary/aromatic N) is 4. The predicted molar refractivity (Wildman–Crippen MR) is 135 cm³/mol. The number of amides is 1. The topological polar surface area (TPSA) is 75.5 Å². The highest BCUT2D eigenvalue weighted by Gasteiger charge is 2.18. The highest BCUT2D eigenvalue weighted by molar-refractivity contribution is 6.42. The van der Waals surface area contributed by atoms with Crippen molar-refractivity contribution in [2.75, 3.05) is 31.1 Å². The Morgan fingerprint density at radius 3 is 2.59 bits per heavy atom. The van der Waals surface area contributed by atoms with E-state index in [4.69, 9.17) is 23.2 Å². The molecule has 2 heterocycles. The number of carbonyl (C=O) groups excluding carboxylic acids is 2. The van der Waals surface area contributed by atoms with Gasteiger partial charge in [-0.3, -0.25) is 19.0 Å². The molecule has 1 fully saturated rings. The van der Waals surface area contributed by atoms with Crippen molar-refractivity contribution >= 4 is 51.5 Å². The zero-order chi connectivity index (χ0) is 24.2. The summed E-state index contributed by atoms with van der Waals surface area (Å²) in [5, 5.41) is 1.40. The number of anilines is 1. The highest BCUT2D eigenvalue weighted by Crippen LogP contribution is 2.23. The minimum absolute atomic E-state index is 0.0371. The van der Waals surface area contributed by atoms with E-state index < -0.39 is 0 Å². The summed E-state index contributed by atoms with van der Waals surface area (Å²) < 4.78 is 1.36. The number of carbonyl (C=O) groups is 2. The Morgan fingerprint density at radius 1 is 1.00 bits per heavy atom. The molecule has 7 nitrogen and oxygen atoms in total. The van der Waals surface area contributed by atoms with Crippen molar-refractivity contribution in [3.05, 3.63) is 68.7 Å². The first kappa shape index (κ1) is 24.2. The second kappa shape index (κ2) is 10.6. The Kier molecular flexibility index (Phi) is 7.54. The Hall–Kier alpha value is -2.90. The fraction of sp³-hybridized carbons (Fsp3) is 0.360. The van der Waals surface area contributed by atoms with Crippen LogP contribution in [0.4, 0.5) is 5.69 Å². The van der Waals surface area contributed by atoms with Crippen molar-refractivity contribution in [2.45, 2.75) is 32.7 Å². The third-order valence-electron chi connectivity index (χ3n) is 6.14. The number of aromatic nitrogens is 2. The molecule has 1 aliphatic heterocycles. The third-order valence-corrected chi connectivity index (χ3v) is 6.88. The lowest BCUT2D eigenvalue weighted by molar-refractivity contribution is -0.128. The molecular weight excluding hydrogens is 475 g/mol. The van der Waals surface area contributed by atoms with Crippen molar-refractivity contribution < 1.29 is 9.59 Å². The van der Waals surface area contributed by atoms with Gasteiger partial charge in [0.1, 0.15) is 0 Å². The van der Waals surface area contributed by atoms with Crippen LogP contribution in [0.1, 0.15) is 25.3 Å². The lowest BCUT2D eigenvalue weighted by Crippen LogP contribution is -2.33. The quantitative estimate of drug-likeness (QED) is 0.511. The first-order valence-corrected chi connectivity index (χ1v) is 12.0. The summed E-state index contributed by atoms with van der Waals surface area (Å²) in [6.45, 7) is 4.44. The third kappa shape index (κ3) is 5.59. The number of halogens is 2. The molecule has 2 aromatic carbocycles. The number of ketones is 1. The van der Waals surface area contributed by atoms with Gasteiger partial charge in [0, 0.05) is 45.2 Å². The molecule has 0 spiro atoms. The summed E-state index contributed by atoms with van der Waals surface area (Å²) in [5.41, 5.74) is 2.18. The maximum absolute atomic E-state index is 13.1. The Labute approximate surface area is 207 Å². The molecule has 0 N–H and O–H groups in total. The van der Waals surface area contributed by atoms with Gasteiger partial charge in [0.2, 0.25) is 5.91 Å². The van der Waals surface area contributed by atoms with Crippen molar-refractivity contribution in [3.63, 3.8) is 0 Å². The van der Waals surface area contributed by atoms with Gasteiger partial charge < -0.3 is 9.80 Å². The van der Waals surface area contributed by atoms with Crippen LogP contribution in [0.25, 0.3) is 10.9 Å². The monoisotopic (exact) mass is 500 g/mol. The Morgan fingerprint density at radius 2 is 1.82 bits per heavy atom. The summed E-state index contributed by atoms with van der Waals surface area (Å²) in [4.78, 5) is 45.8. The van der Waals surface area contributed by atoms with E-state index in [9.17, 15) is 14.4 Å². The van der Waals surface area contributed by atoms with Gasteiger partial charge in [-0.15, -0.1) is 0 Å². The van der Waals surface area contributed by atoms with Gasteiger partial charge in [-0.2, -0.15) is 0 Å². The van der Waals surface area contributed by atoms with Crippen LogP contribution >= 0.6 is 23.2 Å². The summed E-state index contributed by atoms with van der Waals surface area (Å²) in [5.74, 6) is 0.0126. The summed E-state index contributed by atoms with van der Waals surface area (Å²) in [6, 6.07) is 10.9. The number of Topliss-reactive ketones (excluding diaryl/α,β-unsaturated/α-hetero) is 1. The number of rotatable bonds is 6. The van der Waals surface area contributed by atoms with Gasteiger partial charge in [0.25, 0.3) is 5.56 Å². The molecule has 0 bridgehead atoms. The van der Waals surface area contributed by atoms with Gasteiger partial charge in [0.15, 0.2) is 5.78 Å². The Bertz CT molecular complexity index is 1290. The minimum atomic E-state index is -0.241. The number of aryl methyl sites for hydroxylation is 1. The summed E-state index contributed by atoms with van der Waals surface area (Å²) >= 11 is 12.0. The molecule has 0 unspecified atom stereocenters. The first-order chi connectivity index (χ1) is 16.3. The molecule has 3 aromatic rings. The van der Waals surface area contributed by atoms with Gasteiger partial charge >= 0.3 is 0 Å². The number of benzene rings is 2. The van der Waals surface area contributed by atoms with E-state index in [0.29, 0.717) is 40.5 Å². The minimum Gasteiger partial charge on any atom is -0.370 e. The van der Waals surface area contributed by atoms with Crippen molar-refractivity contribution in [1.82, 2.24) is 14.5 Å². The lowest BCUT2D eigenvalue weighted by Gasteiger charge is -2.23. The van der Waals surface area contributed by atoms with Crippen molar-refractivity contribution in [2.24, 2.45) is 0 Å². The maximum Gasteiger partial charge on any atom is 0.261 e. The highest BCUT2D eigenvalue weighted by atomic mass is 35.5. The maximum atomic E-state index is 13.1. The van der Waals surface area contributed by atoms with E-state index in [1.54, 1.807) is 19.1 Å². The molecule has 0 radical (unpaired) electrons. The zero-order valence-electron chi connectivity index (χ0n) is 19.0. The predicted octanol–water partition coefficient (Wildman–Crippen LogP) is 3.96. The van der Waals surface area contributed by atoms with E-state index in [0.717, 1.165) is 30.8 Å². The van der Waals surface area contributed by atoms with E-state index in [-0.39, 0.29) is 30.2 Å². The van der Waals surface area contributed by atoms with E-state index in [1.807, 2.05) is 29.2 Å². The molecule has 4 rings (SSSR count). The molecular formula is C25H26Cl2N4O3. The van der Waals surface area contributed by atoms with Crippen molar-refractivity contribution in [1.29, 1.82) is 0 Å². The van der Waals surface area contributed by atoms with E-state index >= 15 is 0 Å². The average molecular weight is 501 g/mol. The SMILES string of the molecule is CC(=O)N1CCCN(c2ccc3ncn(CC(=O)CCc4ccc(Cl)c(Cl)c4)c(=O)c3c2)CC1. The van der Waals surface area contributed by atoms with Crippen LogP contribution in [-0.2, 0) is 22.6 Å². The van der Waals surface area contributed by atoms with Crippen molar-refractivity contribution in [3.8, 4) is 0 Å². The molecule has 9 heteroatoms. The van der Waals surface area contributed by atoms with Gasteiger partial charge in [-0.05, 0) is 48.7 Å². The van der Waals surface area contributed by atoms with Gasteiger partial charge in [0.05, 0.1) is 33.8 Å². The fourth-order valence-electron chi connectivity index (χ4n) is 4.19. The molecule has 0 atom stereocenters. The van der Waals surface area contributed by atoms with Crippen LogP contribution < -0.4 is 10.5 Å². The normalized spacial score (nSPS) is 14.3. The second-order valence-electron chi connectivity index (χ2n) is 8.51. The standard InChI is InChI=1S/C25H26Cl2N4O3/c1-17(32)29-9-2-10-30(12-11-29)19-5-8-24-21(14-19)25(34)31(16-28-24)15-20(33)6-3-18-4-7-22(26)23(27)13-18/h4-5,7-8,13-14,16H,2-3,6,9-12,15H2,1H3. The molecule has 0 saturated carbocycles. The summed E-state index contributed by atoms with van der Waals surface area (Å²) in [7, 11) is 0. The van der Waals surface area contributed by atoms with Crippen LogP contribution in [0.2, 0.25) is 10.0 Å². The van der Waals surface area contributed by atoms with Crippen LogP contribution in [0, 0.1) is 0 Å². The number of hydrogen-bond acceptors (Lipinski definition) is 5. The molecule has 1 aromatic heterocycles. The lowest BCUT2D eigenvalue weighted by atomic mass is 10.1. The Balaban J connectivity index is 1.48. The number of hydrogen-bond donors (Lipinski definition) is 0. The van der Waals surface area contributed by atoms with Crippen LogP contribution in [-0.4, -0.2) is 52.3 Å². The van der Waals surface area contributed by atoms with Crippen LogP contribution in [0.3, 0.4) is 0 Å².